The summed E-state index contributed by atoms with van der Waals surface area (Å²) in [5.74, 6) is 0.0452. The number of carbonyl (C=O) groups excluding carboxylic acids is 1. The lowest BCUT2D eigenvalue weighted by atomic mass is 10.0. The van der Waals surface area contributed by atoms with Gasteiger partial charge in [0.25, 0.3) is 0 Å². The fourth-order valence-electron chi connectivity index (χ4n) is 3.19. The molecule has 2 rings (SSSR count). The molecule has 134 valence electrons. The van der Waals surface area contributed by atoms with Crippen molar-refractivity contribution in [3.63, 3.8) is 0 Å². The fourth-order valence-corrected chi connectivity index (χ4v) is 3.19. The van der Waals surface area contributed by atoms with Gasteiger partial charge >= 0.3 is 0 Å². The van der Waals surface area contributed by atoms with E-state index < -0.39 is 6.10 Å². The summed E-state index contributed by atoms with van der Waals surface area (Å²) in [5.41, 5.74) is 7.05. The van der Waals surface area contributed by atoms with Crippen LogP contribution in [0.3, 0.4) is 0 Å². The van der Waals surface area contributed by atoms with Crippen LogP contribution in [0.1, 0.15) is 39.2 Å². The highest BCUT2D eigenvalue weighted by atomic mass is 16.3. The van der Waals surface area contributed by atoms with Gasteiger partial charge in [-0.3, -0.25) is 9.69 Å². The number of nitrogens with zero attached hydrogens (tertiary/aromatic N) is 1. The summed E-state index contributed by atoms with van der Waals surface area (Å²) >= 11 is 0. The van der Waals surface area contributed by atoms with Crippen LogP contribution in [0.4, 0.5) is 0 Å². The number of aliphatic hydroxyl groups excluding tert-OH is 1. The van der Waals surface area contributed by atoms with Crippen molar-refractivity contribution in [1.82, 2.24) is 10.2 Å². The number of aliphatic hydroxyl groups is 1. The van der Waals surface area contributed by atoms with E-state index in [-0.39, 0.29) is 23.5 Å². The molecule has 0 radical (unpaired) electrons. The first-order valence-corrected chi connectivity index (χ1v) is 8.80. The summed E-state index contributed by atoms with van der Waals surface area (Å²) in [7, 11) is 0. The first-order valence-electron chi connectivity index (χ1n) is 8.80. The van der Waals surface area contributed by atoms with Gasteiger partial charge in [0.05, 0.1) is 12.1 Å². The van der Waals surface area contributed by atoms with Crippen molar-refractivity contribution in [2.75, 3.05) is 13.1 Å². The molecule has 1 fully saturated rings. The van der Waals surface area contributed by atoms with Gasteiger partial charge in [0.15, 0.2) is 0 Å². The van der Waals surface area contributed by atoms with E-state index in [9.17, 15) is 9.90 Å². The standard InChI is InChI=1S/C19H31N3O2/c1-19(2,3)21-18(24)16-10-7-11-22(16)13-17(23)15(20)12-14-8-5-4-6-9-14/h4-6,8-9,15-17,23H,7,10-13,20H2,1-3H3,(H,21,24)/t15-,16-,17+/m0/s1. The van der Waals surface area contributed by atoms with E-state index in [0.29, 0.717) is 13.0 Å². The molecule has 4 N–H and O–H groups in total. The number of hydrogen-bond acceptors (Lipinski definition) is 4. The Bertz CT molecular complexity index is 527. The van der Waals surface area contributed by atoms with E-state index in [1.54, 1.807) is 0 Å². The second kappa shape index (κ2) is 8.10. The molecule has 24 heavy (non-hydrogen) atoms. The molecule has 0 saturated carbocycles. The van der Waals surface area contributed by atoms with E-state index in [0.717, 1.165) is 24.9 Å². The van der Waals surface area contributed by atoms with Gasteiger partial charge in [0.1, 0.15) is 0 Å². The molecule has 1 heterocycles. The van der Waals surface area contributed by atoms with Gasteiger partial charge in [-0.15, -0.1) is 0 Å². The molecule has 0 aromatic heterocycles. The second-order valence-electron chi connectivity index (χ2n) is 7.81. The van der Waals surface area contributed by atoms with Crippen molar-refractivity contribution in [2.45, 2.75) is 63.8 Å². The number of carbonyl (C=O) groups is 1. The van der Waals surface area contributed by atoms with E-state index in [1.165, 1.54) is 0 Å². The molecule has 1 aliphatic rings. The maximum absolute atomic E-state index is 12.4. The number of amides is 1. The Morgan fingerprint density at radius 3 is 2.67 bits per heavy atom. The number of likely N-dealkylation sites (tertiary alicyclic amines) is 1. The molecule has 0 unspecified atom stereocenters. The van der Waals surface area contributed by atoms with Gasteiger partial charge in [0, 0.05) is 18.1 Å². The summed E-state index contributed by atoms with van der Waals surface area (Å²) in [6.45, 7) is 7.21. The largest absolute Gasteiger partial charge is 0.390 e. The van der Waals surface area contributed by atoms with E-state index in [1.807, 2.05) is 51.1 Å². The Morgan fingerprint density at radius 1 is 1.38 bits per heavy atom. The third-order valence-electron chi connectivity index (χ3n) is 4.39. The van der Waals surface area contributed by atoms with Crippen LogP contribution in [-0.2, 0) is 11.2 Å². The zero-order valence-electron chi connectivity index (χ0n) is 15.0. The average molecular weight is 333 g/mol. The van der Waals surface area contributed by atoms with Crippen LogP contribution >= 0.6 is 0 Å². The predicted octanol–water partition coefficient (Wildman–Crippen LogP) is 1.30. The number of nitrogens with two attached hydrogens (primary N) is 1. The molecule has 5 heteroatoms. The average Bonchev–Trinajstić information content (AvgIpc) is 2.94. The molecular formula is C19H31N3O2. The van der Waals surface area contributed by atoms with Gasteiger partial charge in [-0.05, 0) is 52.1 Å². The van der Waals surface area contributed by atoms with Crippen LogP contribution in [0.2, 0.25) is 0 Å². The third kappa shape index (κ3) is 5.58. The van der Waals surface area contributed by atoms with Gasteiger partial charge in [0.2, 0.25) is 5.91 Å². The quantitative estimate of drug-likeness (QED) is 0.733. The number of benzene rings is 1. The normalized spacial score (nSPS) is 21.5. The highest BCUT2D eigenvalue weighted by molar-refractivity contribution is 5.82. The lowest BCUT2D eigenvalue weighted by Gasteiger charge is -2.30. The third-order valence-corrected chi connectivity index (χ3v) is 4.39. The molecule has 1 aromatic carbocycles. The van der Waals surface area contributed by atoms with E-state index >= 15 is 0 Å². The van der Waals surface area contributed by atoms with Crippen LogP contribution < -0.4 is 11.1 Å². The van der Waals surface area contributed by atoms with Crippen LogP contribution in [0.15, 0.2) is 30.3 Å². The molecule has 1 aliphatic heterocycles. The molecular weight excluding hydrogens is 302 g/mol. The molecule has 0 bridgehead atoms. The molecule has 1 amide bonds. The Labute approximate surface area is 145 Å². The Balaban J connectivity index is 1.89. The molecule has 3 atom stereocenters. The Morgan fingerprint density at radius 2 is 2.04 bits per heavy atom. The van der Waals surface area contributed by atoms with Gasteiger partial charge in [-0.2, -0.15) is 0 Å². The van der Waals surface area contributed by atoms with Gasteiger partial charge in [-0.1, -0.05) is 30.3 Å². The minimum absolute atomic E-state index is 0.0452. The first-order chi connectivity index (χ1) is 11.3. The lowest BCUT2D eigenvalue weighted by Crippen LogP contribution is -2.53. The highest BCUT2D eigenvalue weighted by Gasteiger charge is 2.34. The Hall–Kier alpha value is -1.43. The van der Waals surface area contributed by atoms with Crippen LogP contribution in [-0.4, -0.2) is 52.7 Å². The monoisotopic (exact) mass is 333 g/mol. The molecule has 0 spiro atoms. The zero-order chi connectivity index (χ0) is 17.7. The number of rotatable bonds is 6. The summed E-state index contributed by atoms with van der Waals surface area (Å²) in [5, 5.41) is 13.5. The van der Waals surface area contributed by atoms with Gasteiger partial charge < -0.3 is 16.2 Å². The molecule has 1 aromatic rings. The number of β-amino-alcohol motifs (C(OH)–C–C–N with tert-alkyl or cyclic N) is 1. The minimum Gasteiger partial charge on any atom is -0.390 e. The lowest BCUT2D eigenvalue weighted by molar-refractivity contribution is -0.127. The smallest absolute Gasteiger partial charge is 0.237 e. The highest BCUT2D eigenvalue weighted by Crippen LogP contribution is 2.19. The summed E-state index contributed by atoms with van der Waals surface area (Å²) in [6.07, 6.45) is 1.80. The van der Waals surface area contributed by atoms with Crippen molar-refractivity contribution in [2.24, 2.45) is 5.73 Å². The van der Waals surface area contributed by atoms with Crippen molar-refractivity contribution in [3.05, 3.63) is 35.9 Å². The molecule has 1 saturated heterocycles. The fraction of sp³-hybridized carbons (Fsp3) is 0.632. The maximum Gasteiger partial charge on any atom is 0.237 e. The summed E-state index contributed by atoms with van der Waals surface area (Å²) in [4.78, 5) is 14.5. The van der Waals surface area contributed by atoms with E-state index in [4.69, 9.17) is 5.73 Å². The first kappa shape index (κ1) is 18.9. The van der Waals surface area contributed by atoms with Crippen molar-refractivity contribution < 1.29 is 9.90 Å². The minimum atomic E-state index is -0.645. The summed E-state index contributed by atoms with van der Waals surface area (Å²) in [6, 6.07) is 9.45. The van der Waals surface area contributed by atoms with Crippen molar-refractivity contribution >= 4 is 5.91 Å². The second-order valence-corrected chi connectivity index (χ2v) is 7.81. The van der Waals surface area contributed by atoms with Crippen LogP contribution in [0, 0.1) is 0 Å². The maximum atomic E-state index is 12.4. The summed E-state index contributed by atoms with van der Waals surface area (Å²) < 4.78 is 0. The van der Waals surface area contributed by atoms with E-state index in [2.05, 4.69) is 10.2 Å². The van der Waals surface area contributed by atoms with Crippen molar-refractivity contribution in [1.29, 1.82) is 0 Å². The van der Waals surface area contributed by atoms with Gasteiger partial charge in [-0.25, -0.2) is 0 Å². The number of nitrogens with one attached hydrogen (secondary N) is 1. The number of hydrogen-bond donors (Lipinski definition) is 3. The topological polar surface area (TPSA) is 78.6 Å². The van der Waals surface area contributed by atoms with Crippen LogP contribution in [0.5, 0.6) is 0 Å². The SMILES string of the molecule is CC(C)(C)NC(=O)[C@@H]1CCCN1C[C@@H](O)[C@@H](N)Cc1ccccc1. The molecule has 0 aliphatic carbocycles. The van der Waals surface area contributed by atoms with Crippen LogP contribution in [0.25, 0.3) is 0 Å². The zero-order valence-corrected chi connectivity index (χ0v) is 15.0. The Kier molecular flexibility index (Phi) is 6.38. The van der Waals surface area contributed by atoms with Crippen molar-refractivity contribution in [3.8, 4) is 0 Å². The predicted molar refractivity (Wildman–Crippen MR) is 96.6 cm³/mol. The molecule has 5 nitrogen and oxygen atoms in total.